The molecule has 1 aliphatic carbocycles. The van der Waals surface area contributed by atoms with Gasteiger partial charge in [-0.25, -0.2) is 4.58 Å². The van der Waals surface area contributed by atoms with Gasteiger partial charge >= 0.3 is 0 Å². The average molecular weight is 322 g/mol. The average Bonchev–Trinajstić information content (AvgIpc) is 2.86. The number of phenols is 1. The summed E-state index contributed by atoms with van der Waals surface area (Å²) in [5.41, 5.74) is 4.31. The van der Waals surface area contributed by atoms with Gasteiger partial charge in [-0.3, -0.25) is 0 Å². The summed E-state index contributed by atoms with van der Waals surface area (Å²) in [7, 11) is 0. The monoisotopic (exact) mass is 321 g/mol. The molecule has 2 atom stereocenters. The molecule has 0 amide bonds. The lowest BCUT2D eigenvalue weighted by Crippen LogP contribution is -3.00. The van der Waals surface area contributed by atoms with Crippen LogP contribution in [0.1, 0.15) is 43.2 Å². The van der Waals surface area contributed by atoms with Crippen LogP contribution in [0.15, 0.2) is 18.2 Å². The van der Waals surface area contributed by atoms with Crippen LogP contribution < -0.4 is 17.0 Å². The van der Waals surface area contributed by atoms with Crippen LogP contribution in [0, 0.1) is 5.92 Å². The van der Waals surface area contributed by atoms with Crippen molar-refractivity contribution in [3.8, 4) is 5.75 Å². The molecule has 1 aromatic carbocycles. The van der Waals surface area contributed by atoms with Gasteiger partial charge in [-0.05, 0) is 43.0 Å². The number of hydrogen-bond acceptors (Lipinski definition) is 1. The lowest BCUT2D eigenvalue weighted by atomic mass is 9.85. The lowest BCUT2D eigenvalue weighted by Gasteiger charge is -2.29. The standard InChI is InChI=1S/C16H19NO.BrH/c18-13-5-6-14-12(10-13)8-9-17-15-3-1-2-11(15)4-7-16(14)17;/h5-6,10-11,15H,1-4,7-9H2;1H. The molecule has 0 saturated heterocycles. The predicted octanol–water partition coefficient (Wildman–Crippen LogP) is -0.284. The number of hydrogen-bond donors (Lipinski definition) is 1. The third-order valence-electron chi connectivity index (χ3n) is 5.14. The van der Waals surface area contributed by atoms with Crippen molar-refractivity contribution >= 4 is 5.71 Å². The minimum atomic E-state index is 0. The van der Waals surface area contributed by atoms with Gasteiger partial charge in [0.25, 0.3) is 0 Å². The van der Waals surface area contributed by atoms with Crippen LogP contribution in [0.4, 0.5) is 0 Å². The van der Waals surface area contributed by atoms with Gasteiger partial charge in [-0.15, -0.1) is 0 Å². The molecule has 0 radical (unpaired) electrons. The molecule has 2 nitrogen and oxygen atoms in total. The number of aromatic hydroxyl groups is 1. The Labute approximate surface area is 124 Å². The Morgan fingerprint density at radius 1 is 1.11 bits per heavy atom. The van der Waals surface area contributed by atoms with Gasteiger partial charge in [0.15, 0.2) is 11.8 Å². The Bertz CT molecular complexity index is 538. The van der Waals surface area contributed by atoms with E-state index in [4.69, 9.17) is 0 Å². The van der Waals surface area contributed by atoms with E-state index in [9.17, 15) is 5.11 Å². The molecule has 2 unspecified atom stereocenters. The lowest BCUT2D eigenvalue weighted by molar-refractivity contribution is -0.577. The quantitative estimate of drug-likeness (QED) is 0.653. The fourth-order valence-corrected chi connectivity index (χ4v) is 4.33. The molecule has 0 aromatic heterocycles. The van der Waals surface area contributed by atoms with E-state index in [1.165, 1.54) is 43.2 Å². The van der Waals surface area contributed by atoms with E-state index in [0.717, 1.165) is 24.9 Å². The van der Waals surface area contributed by atoms with E-state index >= 15 is 0 Å². The highest BCUT2D eigenvalue weighted by Gasteiger charge is 2.42. The zero-order chi connectivity index (χ0) is 12.1. The molecule has 0 spiro atoms. The maximum absolute atomic E-state index is 9.61. The summed E-state index contributed by atoms with van der Waals surface area (Å²) in [5.74, 6) is 1.37. The van der Waals surface area contributed by atoms with Crippen molar-refractivity contribution in [2.45, 2.75) is 44.6 Å². The van der Waals surface area contributed by atoms with E-state index < -0.39 is 0 Å². The number of fused-ring (bicyclic) bond motifs is 4. The molecule has 2 aliphatic heterocycles. The summed E-state index contributed by atoms with van der Waals surface area (Å²) in [6.45, 7) is 1.16. The van der Waals surface area contributed by atoms with Crippen LogP contribution in [0.25, 0.3) is 0 Å². The van der Waals surface area contributed by atoms with Crippen LogP contribution in [-0.2, 0) is 6.42 Å². The first-order chi connectivity index (χ1) is 8.83. The van der Waals surface area contributed by atoms with E-state index in [1.807, 2.05) is 12.1 Å². The second-order valence-corrected chi connectivity index (χ2v) is 6.03. The fourth-order valence-electron chi connectivity index (χ4n) is 4.33. The summed E-state index contributed by atoms with van der Waals surface area (Å²) >= 11 is 0. The first-order valence-electron chi connectivity index (χ1n) is 7.27. The van der Waals surface area contributed by atoms with Crippen molar-refractivity contribution in [3.63, 3.8) is 0 Å². The molecule has 3 aliphatic rings. The Kier molecular flexibility index (Phi) is 3.42. The van der Waals surface area contributed by atoms with E-state index in [0.29, 0.717) is 5.75 Å². The van der Waals surface area contributed by atoms with Gasteiger partial charge in [0.05, 0.1) is 0 Å². The third kappa shape index (κ3) is 2.03. The van der Waals surface area contributed by atoms with Crippen molar-refractivity contribution in [2.75, 3.05) is 6.54 Å². The summed E-state index contributed by atoms with van der Waals surface area (Å²) in [6.07, 6.45) is 7.95. The highest BCUT2D eigenvalue weighted by molar-refractivity contribution is 5.99. The van der Waals surface area contributed by atoms with Crippen LogP contribution in [-0.4, -0.2) is 28.0 Å². The minimum absolute atomic E-state index is 0. The Morgan fingerprint density at radius 2 is 2.00 bits per heavy atom. The van der Waals surface area contributed by atoms with Crippen molar-refractivity contribution < 1.29 is 26.7 Å². The van der Waals surface area contributed by atoms with Crippen LogP contribution in [0.5, 0.6) is 5.75 Å². The first-order valence-corrected chi connectivity index (χ1v) is 7.27. The van der Waals surface area contributed by atoms with Crippen molar-refractivity contribution in [1.29, 1.82) is 0 Å². The van der Waals surface area contributed by atoms with Gasteiger partial charge in [0.2, 0.25) is 0 Å². The van der Waals surface area contributed by atoms with Gasteiger partial charge in [-0.2, -0.15) is 0 Å². The van der Waals surface area contributed by atoms with Crippen LogP contribution in [0.3, 0.4) is 0 Å². The number of rotatable bonds is 0. The van der Waals surface area contributed by atoms with Gasteiger partial charge < -0.3 is 22.1 Å². The maximum Gasteiger partial charge on any atom is 0.183 e. The van der Waals surface area contributed by atoms with E-state index in [-0.39, 0.29) is 17.0 Å². The number of nitrogens with zero attached hydrogens (tertiary/aromatic N) is 1. The number of phenolic OH excluding ortho intramolecular Hbond substituents is 1. The zero-order valence-corrected chi connectivity index (χ0v) is 12.7. The van der Waals surface area contributed by atoms with Gasteiger partial charge in [-0.1, -0.05) is 0 Å². The third-order valence-corrected chi connectivity index (χ3v) is 5.14. The number of halogens is 1. The minimum Gasteiger partial charge on any atom is -1.00 e. The Morgan fingerprint density at radius 3 is 2.89 bits per heavy atom. The first kappa shape index (κ1) is 13.2. The molecule has 1 fully saturated rings. The summed E-state index contributed by atoms with van der Waals surface area (Å²) < 4.78 is 2.69. The molecular formula is C16H20BrNO. The largest absolute Gasteiger partial charge is 1.00 e. The molecule has 0 bridgehead atoms. The fraction of sp³-hybridized carbons (Fsp3) is 0.562. The van der Waals surface area contributed by atoms with Crippen LogP contribution >= 0.6 is 0 Å². The summed E-state index contributed by atoms with van der Waals surface area (Å²) in [6, 6.07) is 6.74. The second-order valence-electron chi connectivity index (χ2n) is 6.03. The normalized spacial score (nSPS) is 28.2. The molecule has 2 heterocycles. The number of benzene rings is 1. The van der Waals surface area contributed by atoms with Gasteiger partial charge in [0, 0.05) is 30.7 Å². The Balaban J connectivity index is 0.00000110. The summed E-state index contributed by atoms with van der Waals surface area (Å²) in [5, 5.41) is 9.61. The van der Waals surface area contributed by atoms with E-state index in [1.54, 1.807) is 5.71 Å². The van der Waals surface area contributed by atoms with Crippen molar-refractivity contribution in [2.24, 2.45) is 5.92 Å². The topological polar surface area (TPSA) is 23.2 Å². The molecular weight excluding hydrogens is 302 g/mol. The highest BCUT2D eigenvalue weighted by atomic mass is 79.9. The molecule has 3 heteroatoms. The maximum atomic E-state index is 9.61. The smallest absolute Gasteiger partial charge is 0.183 e. The molecule has 19 heavy (non-hydrogen) atoms. The predicted molar refractivity (Wildman–Crippen MR) is 71.4 cm³/mol. The second kappa shape index (κ2) is 4.93. The zero-order valence-electron chi connectivity index (χ0n) is 11.1. The molecule has 4 rings (SSSR count). The summed E-state index contributed by atoms with van der Waals surface area (Å²) in [4.78, 5) is 0. The molecule has 1 aromatic rings. The molecule has 1 saturated carbocycles. The Hall–Kier alpha value is -0.830. The molecule has 1 N–H and O–H groups in total. The van der Waals surface area contributed by atoms with Crippen molar-refractivity contribution in [3.05, 3.63) is 29.3 Å². The SMILES string of the molecule is Oc1ccc2c(c1)CC[N+]1=C2CCC2CCCC21.[Br-]. The highest BCUT2D eigenvalue weighted by Crippen LogP contribution is 2.38. The van der Waals surface area contributed by atoms with Crippen LogP contribution in [0.2, 0.25) is 0 Å². The van der Waals surface area contributed by atoms with E-state index in [2.05, 4.69) is 10.6 Å². The molecule has 102 valence electrons. The van der Waals surface area contributed by atoms with Crippen molar-refractivity contribution in [1.82, 2.24) is 0 Å². The van der Waals surface area contributed by atoms with Gasteiger partial charge in [0.1, 0.15) is 12.3 Å².